The number of aryl methyl sites for hydroxylation is 1. The Hall–Kier alpha value is -3.78. The van der Waals surface area contributed by atoms with E-state index < -0.39 is 0 Å². The quantitative estimate of drug-likeness (QED) is 0.242. The van der Waals surface area contributed by atoms with Crippen molar-refractivity contribution in [1.82, 2.24) is 14.8 Å². The first-order valence-electron chi connectivity index (χ1n) is 10.6. The minimum atomic E-state index is -0.0817. The van der Waals surface area contributed by atoms with Crippen LogP contribution in [0.15, 0.2) is 71.9 Å². The van der Waals surface area contributed by atoms with E-state index in [-0.39, 0.29) is 11.5 Å². The minimum Gasteiger partial charge on any atom is -0.497 e. The maximum absolute atomic E-state index is 13.0. The van der Waals surface area contributed by atoms with Gasteiger partial charge in [-0.3, -0.25) is 9.36 Å². The molecule has 0 saturated carbocycles. The first kappa shape index (κ1) is 23.4. The van der Waals surface area contributed by atoms with Gasteiger partial charge in [0.2, 0.25) is 0 Å². The highest BCUT2D eigenvalue weighted by molar-refractivity contribution is 7.99. The highest BCUT2D eigenvalue weighted by Crippen LogP contribution is 2.34. The van der Waals surface area contributed by atoms with Crippen molar-refractivity contribution in [3.05, 3.63) is 77.9 Å². The summed E-state index contributed by atoms with van der Waals surface area (Å²) in [7, 11) is 4.73. The molecule has 1 heterocycles. The molecule has 0 aliphatic rings. The minimum absolute atomic E-state index is 0.0817. The summed E-state index contributed by atoms with van der Waals surface area (Å²) in [5.74, 6) is 2.51. The fourth-order valence-electron chi connectivity index (χ4n) is 3.53. The molecule has 4 rings (SSSR count). The Bertz CT molecular complexity index is 1300. The molecule has 0 saturated heterocycles. The first-order valence-corrected chi connectivity index (χ1v) is 11.6. The van der Waals surface area contributed by atoms with Crippen LogP contribution < -0.4 is 14.2 Å². The summed E-state index contributed by atoms with van der Waals surface area (Å²) in [4.78, 5) is 13.0. The zero-order valence-corrected chi connectivity index (χ0v) is 20.3. The van der Waals surface area contributed by atoms with Gasteiger partial charge >= 0.3 is 0 Å². The van der Waals surface area contributed by atoms with E-state index in [1.54, 1.807) is 32.4 Å². The number of ether oxygens (including phenoxy) is 3. The van der Waals surface area contributed by atoms with Gasteiger partial charge in [0.1, 0.15) is 17.2 Å². The van der Waals surface area contributed by atoms with Crippen LogP contribution in [0.25, 0.3) is 17.1 Å². The zero-order chi connectivity index (χ0) is 24.1. The molecule has 3 aromatic carbocycles. The molecule has 174 valence electrons. The summed E-state index contributed by atoms with van der Waals surface area (Å²) in [6.07, 6.45) is 0. The van der Waals surface area contributed by atoms with Crippen LogP contribution in [0.1, 0.15) is 15.9 Å². The van der Waals surface area contributed by atoms with Crippen LogP contribution in [-0.4, -0.2) is 47.6 Å². The zero-order valence-electron chi connectivity index (χ0n) is 19.4. The number of methoxy groups -OCH3 is 3. The predicted octanol–water partition coefficient (Wildman–Crippen LogP) is 5.24. The van der Waals surface area contributed by atoms with E-state index in [0.717, 1.165) is 16.8 Å². The average molecular weight is 476 g/mol. The van der Waals surface area contributed by atoms with E-state index in [0.29, 0.717) is 33.8 Å². The maximum Gasteiger partial charge on any atom is 0.196 e. The lowest BCUT2D eigenvalue weighted by Crippen LogP contribution is -2.07. The SMILES string of the molecule is COc1ccc(C(=O)CSc2nnc(-c3ccccc3OC)n2-c2ccc(C)cc2)c(OC)c1. The number of thioether (sulfide) groups is 1. The summed E-state index contributed by atoms with van der Waals surface area (Å²) >= 11 is 1.32. The molecule has 0 N–H and O–H groups in total. The molecule has 0 radical (unpaired) electrons. The monoisotopic (exact) mass is 475 g/mol. The van der Waals surface area contributed by atoms with Crippen molar-refractivity contribution in [2.24, 2.45) is 0 Å². The van der Waals surface area contributed by atoms with Gasteiger partial charge in [-0.2, -0.15) is 0 Å². The Morgan fingerprint density at radius 2 is 1.62 bits per heavy atom. The summed E-state index contributed by atoms with van der Waals surface area (Å²) in [6.45, 7) is 2.04. The number of hydrogen-bond donors (Lipinski definition) is 0. The van der Waals surface area contributed by atoms with Gasteiger partial charge < -0.3 is 14.2 Å². The second kappa shape index (κ2) is 10.4. The number of carbonyl (C=O) groups is 1. The molecular formula is C26H25N3O4S. The molecule has 0 unspecified atom stereocenters. The first-order chi connectivity index (χ1) is 16.5. The van der Waals surface area contributed by atoms with Crippen LogP contribution in [-0.2, 0) is 0 Å². The number of para-hydroxylation sites is 1. The third-order valence-electron chi connectivity index (χ3n) is 5.31. The highest BCUT2D eigenvalue weighted by atomic mass is 32.2. The summed E-state index contributed by atoms with van der Waals surface area (Å²) < 4.78 is 18.1. The lowest BCUT2D eigenvalue weighted by Gasteiger charge is -2.13. The van der Waals surface area contributed by atoms with Gasteiger partial charge in [-0.1, -0.05) is 41.6 Å². The van der Waals surface area contributed by atoms with Crippen LogP contribution in [0, 0.1) is 6.92 Å². The molecule has 0 atom stereocenters. The van der Waals surface area contributed by atoms with Crippen LogP contribution in [0.3, 0.4) is 0 Å². The Morgan fingerprint density at radius 1 is 0.882 bits per heavy atom. The fraction of sp³-hybridized carbons (Fsp3) is 0.192. The van der Waals surface area contributed by atoms with Crippen LogP contribution in [0.4, 0.5) is 0 Å². The molecule has 0 aliphatic carbocycles. The van der Waals surface area contributed by atoms with E-state index in [4.69, 9.17) is 14.2 Å². The summed E-state index contributed by atoms with van der Waals surface area (Å²) in [5, 5.41) is 9.48. The lowest BCUT2D eigenvalue weighted by molar-refractivity contribution is 0.101. The number of ketones is 1. The van der Waals surface area contributed by atoms with Crippen molar-refractivity contribution in [3.8, 4) is 34.3 Å². The number of benzene rings is 3. The second-order valence-corrected chi connectivity index (χ2v) is 8.40. The molecule has 4 aromatic rings. The van der Waals surface area contributed by atoms with Crippen LogP contribution in [0.5, 0.6) is 17.2 Å². The smallest absolute Gasteiger partial charge is 0.196 e. The second-order valence-electron chi connectivity index (χ2n) is 7.46. The highest BCUT2D eigenvalue weighted by Gasteiger charge is 2.21. The molecule has 8 heteroatoms. The molecule has 34 heavy (non-hydrogen) atoms. The lowest BCUT2D eigenvalue weighted by atomic mass is 10.1. The Labute approximate surface area is 202 Å². The maximum atomic E-state index is 13.0. The molecule has 0 fully saturated rings. The van der Waals surface area contributed by atoms with Gasteiger partial charge in [0.15, 0.2) is 16.8 Å². The van der Waals surface area contributed by atoms with Crippen molar-refractivity contribution >= 4 is 17.5 Å². The van der Waals surface area contributed by atoms with Gasteiger partial charge in [0, 0.05) is 11.8 Å². The van der Waals surface area contributed by atoms with Crippen molar-refractivity contribution < 1.29 is 19.0 Å². The Morgan fingerprint density at radius 3 is 2.32 bits per heavy atom. The van der Waals surface area contributed by atoms with Gasteiger partial charge in [0.25, 0.3) is 0 Å². The largest absolute Gasteiger partial charge is 0.497 e. The van der Waals surface area contributed by atoms with E-state index in [2.05, 4.69) is 10.2 Å². The van der Waals surface area contributed by atoms with E-state index in [1.807, 2.05) is 60.0 Å². The van der Waals surface area contributed by atoms with Gasteiger partial charge in [-0.05, 0) is 43.3 Å². The number of hydrogen-bond acceptors (Lipinski definition) is 7. The molecule has 7 nitrogen and oxygen atoms in total. The van der Waals surface area contributed by atoms with Gasteiger partial charge in [-0.25, -0.2) is 0 Å². The standard InChI is InChI=1S/C26H25N3O4S/c1-17-9-11-18(12-10-17)29-25(21-7-5-6-8-23(21)32-3)27-28-26(29)34-16-22(30)20-14-13-19(31-2)15-24(20)33-4/h5-15H,16H2,1-4H3. The molecule has 0 aliphatic heterocycles. The molecule has 0 spiro atoms. The van der Waals surface area contributed by atoms with E-state index >= 15 is 0 Å². The Kier molecular flexibility index (Phi) is 7.18. The number of rotatable bonds is 9. The Balaban J connectivity index is 1.69. The predicted molar refractivity (Wildman–Crippen MR) is 133 cm³/mol. The van der Waals surface area contributed by atoms with Crippen LogP contribution >= 0.6 is 11.8 Å². The fourth-order valence-corrected chi connectivity index (χ4v) is 4.37. The summed E-state index contributed by atoms with van der Waals surface area (Å²) in [5.41, 5.74) is 3.34. The number of carbonyl (C=O) groups excluding carboxylic acids is 1. The van der Waals surface area contributed by atoms with E-state index in [1.165, 1.54) is 18.9 Å². The number of aromatic nitrogens is 3. The van der Waals surface area contributed by atoms with E-state index in [9.17, 15) is 4.79 Å². The molecular weight excluding hydrogens is 450 g/mol. The van der Waals surface area contributed by atoms with Gasteiger partial charge in [-0.15, -0.1) is 10.2 Å². The summed E-state index contributed by atoms with van der Waals surface area (Å²) in [6, 6.07) is 20.9. The normalized spacial score (nSPS) is 10.7. The van der Waals surface area contributed by atoms with Crippen molar-refractivity contribution in [3.63, 3.8) is 0 Å². The molecule has 0 amide bonds. The van der Waals surface area contributed by atoms with Gasteiger partial charge in [0.05, 0.1) is 38.2 Å². The third-order valence-corrected chi connectivity index (χ3v) is 6.24. The molecule has 1 aromatic heterocycles. The van der Waals surface area contributed by atoms with Crippen molar-refractivity contribution in [2.45, 2.75) is 12.1 Å². The van der Waals surface area contributed by atoms with Crippen molar-refractivity contribution in [1.29, 1.82) is 0 Å². The van der Waals surface area contributed by atoms with Crippen molar-refractivity contribution in [2.75, 3.05) is 27.1 Å². The number of Topliss-reactive ketones (excluding diaryl/α,β-unsaturated/α-hetero) is 1. The van der Waals surface area contributed by atoms with Crippen LogP contribution in [0.2, 0.25) is 0 Å². The average Bonchev–Trinajstić information content (AvgIpc) is 3.30. The number of nitrogens with zero attached hydrogens (tertiary/aromatic N) is 3. The third kappa shape index (κ3) is 4.77. The topological polar surface area (TPSA) is 75.5 Å². The molecule has 0 bridgehead atoms.